The van der Waals surface area contributed by atoms with Crippen molar-refractivity contribution < 1.29 is 9.90 Å². The van der Waals surface area contributed by atoms with Gasteiger partial charge >= 0.3 is 0 Å². The van der Waals surface area contributed by atoms with Gasteiger partial charge in [-0.15, -0.1) is 0 Å². The highest BCUT2D eigenvalue weighted by Gasteiger charge is 2.09. The van der Waals surface area contributed by atoms with Gasteiger partial charge in [-0.3, -0.25) is 9.78 Å². The fourth-order valence-electron chi connectivity index (χ4n) is 1.63. The van der Waals surface area contributed by atoms with Gasteiger partial charge in [-0.2, -0.15) is 0 Å². The lowest BCUT2D eigenvalue weighted by Crippen LogP contribution is -2.23. The molecule has 1 amide bonds. The van der Waals surface area contributed by atoms with Crippen LogP contribution in [-0.2, 0) is 6.54 Å². The summed E-state index contributed by atoms with van der Waals surface area (Å²) in [4.78, 5) is 16.1. The third-order valence-electron chi connectivity index (χ3n) is 2.52. The number of phenolic OH excluding ortho intramolecular Hbond substituents is 1. The van der Waals surface area contributed by atoms with E-state index in [0.717, 1.165) is 11.4 Å². The molecule has 4 heteroatoms. The lowest BCUT2D eigenvalue weighted by Gasteiger charge is -2.06. The van der Waals surface area contributed by atoms with Gasteiger partial charge in [0.25, 0.3) is 5.91 Å². The number of aromatic hydroxyl groups is 1. The van der Waals surface area contributed by atoms with Gasteiger partial charge in [0.15, 0.2) is 0 Å². The molecule has 4 nitrogen and oxygen atoms in total. The molecule has 0 unspecified atom stereocenters. The van der Waals surface area contributed by atoms with E-state index in [-0.39, 0.29) is 17.2 Å². The summed E-state index contributed by atoms with van der Waals surface area (Å²) >= 11 is 0. The van der Waals surface area contributed by atoms with Crippen molar-refractivity contribution in [3.63, 3.8) is 0 Å². The summed E-state index contributed by atoms with van der Waals surface area (Å²) in [6.07, 6.45) is 0. The maximum atomic E-state index is 11.8. The second-order valence-electron chi connectivity index (χ2n) is 3.97. The molecule has 1 heterocycles. The summed E-state index contributed by atoms with van der Waals surface area (Å²) in [5, 5.41) is 12.3. The number of carbonyl (C=O) groups excluding carboxylic acids is 1. The predicted molar refractivity (Wildman–Crippen MR) is 68.3 cm³/mol. The van der Waals surface area contributed by atoms with Crippen LogP contribution in [0, 0.1) is 6.92 Å². The van der Waals surface area contributed by atoms with Crippen molar-refractivity contribution in [3.05, 3.63) is 59.4 Å². The Morgan fingerprint density at radius 1 is 1.22 bits per heavy atom. The number of rotatable bonds is 3. The molecule has 0 atom stereocenters. The molecule has 0 spiro atoms. The number of nitrogens with one attached hydrogen (secondary N) is 1. The number of hydrogen-bond donors (Lipinski definition) is 2. The first-order valence-electron chi connectivity index (χ1n) is 5.65. The molecule has 92 valence electrons. The topological polar surface area (TPSA) is 62.2 Å². The van der Waals surface area contributed by atoms with Gasteiger partial charge < -0.3 is 10.4 Å². The van der Waals surface area contributed by atoms with Gasteiger partial charge in [0.2, 0.25) is 0 Å². The highest BCUT2D eigenvalue weighted by atomic mass is 16.3. The summed E-state index contributed by atoms with van der Waals surface area (Å²) < 4.78 is 0. The van der Waals surface area contributed by atoms with E-state index in [1.165, 1.54) is 6.07 Å². The fraction of sp³-hybridized carbons (Fsp3) is 0.143. The van der Waals surface area contributed by atoms with Crippen molar-refractivity contribution in [1.29, 1.82) is 0 Å². The molecule has 1 aromatic carbocycles. The molecule has 0 fully saturated rings. The maximum absolute atomic E-state index is 11.8. The first-order valence-corrected chi connectivity index (χ1v) is 5.65. The Balaban J connectivity index is 2.03. The third-order valence-corrected chi connectivity index (χ3v) is 2.52. The molecule has 0 saturated carbocycles. The average molecular weight is 242 g/mol. The summed E-state index contributed by atoms with van der Waals surface area (Å²) in [5.74, 6) is -0.330. The maximum Gasteiger partial charge on any atom is 0.255 e. The molecule has 1 aromatic heterocycles. The zero-order valence-corrected chi connectivity index (χ0v) is 10.1. The number of nitrogens with zero attached hydrogens (tertiary/aromatic N) is 1. The summed E-state index contributed by atoms with van der Waals surface area (Å²) in [7, 11) is 0. The average Bonchev–Trinajstić information content (AvgIpc) is 2.37. The standard InChI is InChI=1S/C14H14N2O2/c1-10-5-4-6-11(16-10)9-15-14(18)12-7-2-3-8-13(12)17/h2-8,17H,9H2,1H3,(H,15,18). The van der Waals surface area contributed by atoms with E-state index in [1.54, 1.807) is 18.2 Å². The van der Waals surface area contributed by atoms with Crippen LogP contribution in [0.3, 0.4) is 0 Å². The van der Waals surface area contributed by atoms with Crippen molar-refractivity contribution in [3.8, 4) is 5.75 Å². The van der Waals surface area contributed by atoms with Crippen LogP contribution in [0.5, 0.6) is 5.75 Å². The largest absolute Gasteiger partial charge is 0.507 e. The van der Waals surface area contributed by atoms with Crippen molar-refractivity contribution in [2.24, 2.45) is 0 Å². The minimum atomic E-state index is -0.309. The third kappa shape index (κ3) is 2.85. The van der Waals surface area contributed by atoms with Gasteiger partial charge in [-0.1, -0.05) is 18.2 Å². The van der Waals surface area contributed by atoms with E-state index in [1.807, 2.05) is 25.1 Å². The minimum Gasteiger partial charge on any atom is -0.507 e. The monoisotopic (exact) mass is 242 g/mol. The molecule has 18 heavy (non-hydrogen) atoms. The van der Waals surface area contributed by atoms with Crippen LogP contribution in [0.25, 0.3) is 0 Å². The van der Waals surface area contributed by atoms with Crippen LogP contribution in [0.1, 0.15) is 21.7 Å². The van der Waals surface area contributed by atoms with Crippen molar-refractivity contribution in [1.82, 2.24) is 10.3 Å². The quantitative estimate of drug-likeness (QED) is 0.865. The number of benzene rings is 1. The Labute approximate surface area is 105 Å². The Hall–Kier alpha value is -2.36. The van der Waals surface area contributed by atoms with E-state index >= 15 is 0 Å². The zero-order valence-electron chi connectivity index (χ0n) is 10.1. The molecular weight excluding hydrogens is 228 g/mol. The number of phenols is 1. The molecule has 0 saturated heterocycles. The van der Waals surface area contributed by atoms with Crippen molar-refractivity contribution in [2.45, 2.75) is 13.5 Å². The lowest BCUT2D eigenvalue weighted by molar-refractivity contribution is 0.0947. The number of para-hydroxylation sites is 1. The molecular formula is C14H14N2O2. The number of hydrogen-bond acceptors (Lipinski definition) is 3. The number of aromatic nitrogens is 1. The Morgan fingerprint density at radius 2 is 2.00 bits per heavy atom. The summed E-state index contributed by atoms with van der Waals surface area (Å²) in [6.45, 7) is 2.24. The first-order chi connectivity index (χ1) is 8.66. The summed E-state index contributed by atoms with van der Waals surface area (Å²) in [5.41, 5.74) is 1.97. The van der Waals surface area contributed by atoms with Gasteiger partial charge in [0.05, 0.1) is 17.8 Å². The number of aryl methyl sites for hydroxylation is 1. The molecule has 2 rings (SSSR count). The van der Waals surface area contributed by atoms with E-state index in [0.29, 0.717) is 6.54 Å². The smallest absolute Gasteiger partial charge is 0.255 e. The molecule has 0 bridgehead atoms. The van der Waals surface area contributed by atoms with Crippen LogP contribution in [0.2, 0.25) is 0 Å². The highest BCUT2D eigenvalue weighted by molar-refractivity contribution is 5.96. The Bertz CT molecular complexity index is 567. The molecule has 0 aliphatic heterocycles. The molecule has 2 aromatic rings. The van der Waals surface area contributed by atoms with Crippen molar-refractivity contribution in [2.75, 3.05) is 0 Å². The van der Waals surface area contributed by atoms with E-state index in [2.05, 4.69) is 10.3 Å². The fourth-order valence-corrected chi connectivity index (χ4v) is 1.63. The highest BCUT2D eigenvalue weighted by Crippen LogP contribution is 2.15. The molecule has 2 N–H and O–H groups in total. The number of carbonyl (C=O) groups is 1. The second-order valence-corrected chi connectivity index (χ2v) is 3.97. The van der Waals surface area contributed by atoms with Crippen LogP contribution >= 0.6 is 0 Å². The van der Waals surface area contributed by atoms with Gasteiger partial charge in [-0.05, 0) is 31.2 Å². The number of amides is 1. The van der Waals surface area contributed by atoms with E-state index < -0.39 is 0 Å². The van der Waals surface area contributed by atoms with Gasteiger partial charge in [-0.25, -0.2) is 0 Å². The first kappa shape index (κ1) is 12.1. The zero-order chi connectivity index (χ0) is 13.0. The predicted octanol–water partition coefficient (Wildman–Crippen LogP) is 2.03. The van der Waals surface area contributed by atoms with Crippen LogP contribution < -0.4 is 5.32 Å². The normalized spacial score (nSPS) is 10.1. The minimum absolute atomic E-state index is 0.0211. The SMILES string of the molecule is Cc1cccc(CNC(=O)c2ccccc2O)n1. The Morgan fingerprint density at radius 3 is 2.72 bits per heavy atom. The van der Waals surface area contributed by atoms with Crippen LogP contribution in [-0.4, -0.2) is 16.0 Å². The molecule has 0 radical (unpaired) electrons. The molecule has 0 aliphatic carbocycles. The van der Waals surface area contributed by atoms with Crippen molar-refractivity contribution >= 4 is 5.91 Å². The lowest BCUT2D eigenvalue weighted by atomic mass is 10.2. The second kappa shape index (κ2) is 5.31. The van der Waals surface area contributed by atoms with E-state index in [4.69, 9.17) is 0 Å². The Kier molecular flexibility index (Phi) is 3.57. The van der Waals surface area contributed by atoms with Gasteiger partial charge in [0, 0.05) is 5.69 Å². The van der Waals surface area contributed by atoms with E-state index in [9.17, 15) is 9.90 Å². The van der Waals surface area contributed by atoms with Crippen LogP contribution in [0.4, 0.5) is 0 Å². The molecule has 0 aliphatic rings. The number of pyridine rings is 1. The van der Waals surface area contributed by atoms with Gasteiger partial charge in [0.1, 0.15) is 5.75 Å². The summed E-state index contributed by atoms with van der Waals surface area (Å²) in [6, 6.07) is 12.1. The van der Waals surface area contributed by atoms with Crippen LogP contribution in [0.15, 0.2) is 42.5 Å².